The largest absolute Gasteiger partial charge is 0.465 e. The average molecular weight is 451 g/mol. The van der Waals surface area contributed by atoms with E-state index in [1.807, 2.05) is 53.4 Å². The Morgan fingerprint density at radius 2 is 1.78 bits per heavy atom. The summed E-state index contributed by atoms with van der Waals surface area (Å²) in [6.07, 6.45) is 6.45. The van der Waals surface area contributed by atoms with Crippen LogP contribution in [0.2, 0.25) is 0 Å². The number of carbonyl (C=O) groups excluding carboxylic acids is 3. The number of methoxy groups -OCH3 is 1. The van der Waals surface area contributed by atoms with Crippen molar-refractivity contribution in [3.8, 4) is 5.69 Å². The second-order valence-electron chi connectivity index (χ2n) is 7.28. The van der Waals surface area contributed by atoms with Gasteiger partial charge in [0, 0.05) is 23.0 Å². The number of esters is 1. The molecule has 2 amide bonds. The van der Waals surface area contributed by atoms with Crippen molar-refractivity contribution in [1.29, 1.82) is 0 Å². The molecule has 0 bridgehead atoms. The van der Waals surface area contributed by atoms with Gasteiger partial charge in [0.15, 0.2) is 0 Å². The van der Waals surface area contributed by atoms with E-state index in [0.29, 0.717) is 16.3 Å². The molecular formula is C23H22N4O4S. The van der Waals surface area contributed by atoms with Crippen LogP contribution in [0.25, 0.3) is 5.69 Å². The molecule has 0 unspecified atom stereocenters. The number of hydrazone groups is 1. The van der Waals surface area contributed by atoms with Crippen LogP contribution in [0.5, 0.6) is 0 Å². The van der Waals surface area contributed by atoms with Crippen molar-refractivity contribution in [3.63, 3.8) is 0 Å². The fourth-order valence-corrected chi connectivity index (χ4v) is 4.87. The number of rotatable bonds is 5. The number of benzene rings is 1. The zero-order valence-electron chi connectivity index (χ0n) is 17.7. The molecule has 2 N–H and O–H groups in total. The highest BCUT2D eigenvalue weighted by Crippen LogP contribution is 2.39. The maximum absolute atomic E-state index is 12.4. The number of amides is 2. The van der Waals surface area contributed by atoms with Gasteiger partial charge >= 0.3 is 17.8 Å². The third-order valence-corrected chi connectivity index (χ3v) is 6.46. The monoisotopic (exact) mass is 450 g/mol. The van der Waals surface area contributed by atoms with E-state index in [0.717, 1.165) is 41.0 Å². The van der Waals surface area contributed by atoms with Crippen LogP contribution in [0.3, 0.4) is 0 Å². The Labute approximate surface area is 188 Å². The lowest BCUT2D eigenvalue weighted by atomic mass is 10.1. The lowest BCUT2D eigenvalue weighted by Crippen LogP contribution is -2.33. The van der Waals surface area contributed by atoms with Crippen molar-refractivity contribution in [2.45, 2.75) is 26.2 Å². The van der Waals surface area contributed by atoms with Crippen LogP contribution in [0.4, 0.5) is 5.00 Å². The van der Waals surface area contributed by atoms with Crippen molar-refractivity contribution < 1.29 is 19.1 Å². The second kappa shape index (κ2) is 9.19. The maximum Gasteiger partial charge on any atom is 0.341 e. The van der Waals surface area contributed by atoms with Gasteiger partial charge in [-0.15, -0.1) is 11.3 Å². The first-order valence-corrected chi connectivity index (χ1v) is 10.9. The first kappa shape index (κ1) is 21.5. The first-order chi connectivity index (χ1) is 15.5. The minimum atomic E-state index is -0.919. The molecule has 0 atom stereocenters. The summed E-state index contributed by atoms with van der Waals surface area (Å²) < 4.78 is 6.83. The Bertz CT molecular complexity index is 1190. The number of nitrogens with one attached hydrogen (secondary N) is 2. The fraction of sp³-hybridized carbons (Fsp3) is 0.217. The summed E-state index contributed by atoms with van der Waals surface area (Å²) in [7, 11) is 1.29. The molecule has 0 spiro atoms. The average Bonchev–Trinajstić information content (AvgIpc) is 3.55. The number of hydrogen-bond acceptors (Lipinski definition) is 6. The van der Waals surface area contributed by atoms with E-state index < -0.39 is 17.8 Å². The number of thiophene rings is 1. The van der Waals surface area contributed by atoms with Gasteiger partial charge < -0.3 is 14.6 Å². The Morgan fingerprint density at radius 1 is 1.06 bits per heavy atom. The second-order valence-corrected chi connectivity index (χ2v) is 8.39. The number of anilines is 1. The lowest BCUT2D eigenvalue weighted by molar-refractivity contribution is -0.136. The van der Waals surface area contributed by atoms with Crippen LogP contribution in [0.1, 0.15) is 39.7 Å². The van der Waals surface area contributed by atoms with Gasteiger partial charge in [-0.2, -0.15) is 5.10 Å². The highest BCUT2D eigenvalue weighted by atomic mass is 32.1. The molecule has 164 valence electrons. The third kappa shape index (κ3) is 4.33. The number of ether oxygens (including phenoxy) is 1. The molecule has 0 aliphatic heterocycles. The van der Waals surface area contributed by atoms with Crippen LogP contribution in [-0.2, 0) is 27.2 Å². The van der Waals surface area contributed by atoms with Crippen LogP contribution in [0.15, 0.2) is 53.9 Å². The highest BCUT2D eigenvalue weighted by molar-refractivity contribution is 7.17. The molecule has 0 saturated heterocycles. The molecule has 0 radical (unpaired) electrons. The van der Waals surface area contributed by atoms with Crippen molar-refractivity contribution in [2.24, 2.45) is 5.10 Å². The summed E-state index contributed by atoms with van der Waals surface area (Å²) in [5, 5.41) is 6.91. The Morgan fingerprint density at radius 3 is 2.47 bits per heavy atom. The number of carbonyl (C=O) groups is 3. The molecule has 1 aliphatic carbocycles. The van der Waals surface area contributed by atoms with Crippen molar-refractivity contribution in [3.05, 3.63) is 70.4 Å². The number of aryl methyl sites for hydroxylation is 1. The summed E-state index contributed by atoms with van der Waals surface area (Å²) in [5.41, 5.74) is 5.87. The quantitative estimate of drug-likeness (QED) is 0.270. The van der Waals surface area contributed by atoms with E-state index in [1.165, 1.54) is 18.4 Å². The molecule has 4 rings (SSSR count). The van der Waals surface area contributed by atoms with Gasteiger partial charge in [0.1, 0.15) is 5.00 Å². The number of fused-ring (bicyclic) bond motifs is 1. The van der Waals surface area contributed by atoms with Crippen LogP contribution in [0, 0.1) is 0 Å². The molecule has 3 aromatic rings. The maximum atomic E-state index is 12.4. The molecule has 1 aromatic carbocycles. The van der Waals surface area contributed by atoms with Crippen LogP contribution >= 0.6 is 11.3 Å². The van der Waals surface area contributed by atoms with Gasteiger partial charge in [-0.05, 0) is 61.6 Å². The molecule has 9 heteroatoms. The minimum absolute atomic E-state index is 0.336. The summed E-state index contributed by atoms with van der Waals surface area (Å²) in [6.45, 7) is 1.74. The minimum Gasteiger partial charge on any atom is -0.465 e. The molecule has 2 heterocycles. The third-order valence-electron chi connectivity index (χ3n) is 5.26. The number of nitrogens with zero attached hydrogens (tertiary/aromatic N) is 2. The summed E-state index contributed by atoms with van der Waals surface area (Å²) in [6, 6.07) is 11.5. The van der Waals surface area contributed by atoms with E-state index >= 15 is 0 Å². The van der Waals surface area contributed by atoms with Crippen molar-refractivity contribution in [2.75, 3.05) is 12.4 Å². The van der Waals surface area contributed by atoms with Gasteiger partial charge in [-0.25, -0.2) is 10.2 Å². The normalized spacial score (nSPS) is 12.9. The standard InChI is InChI=1S/C23H22N4O4S/c1-14(15-8-10-16(11-9-15)27-12-3-4-13-27)25-26-21(29)20(28)24-22-19(23(30)31-2)17-6-5-7-18(17)32-22/h3-4,8-13H,5-7H2,1-2H3,(H,24,28)(H,26,29). The number of aromatic nitrogens is 1. The summed E-state index contributed by atoms with van der Waals surface area (Å²) in [4.78, 5) is 37.9. The van der Waals surface area contributed by atoms with E-state index in [2.05, 4.69) is 15.8 Å². The zero-order valence-corrected chi connectivity index (χ0v) is 18.5. The van der Waals surface area contributed by atoms with E-state index in [1.54, 1.807) is 6.92 Å². The molecule has 0 saturated carbocycles. The smallest absolute Gasteiger partial charge is 0.341 e. The van der Waals surface area contributed by atoms with Crippen molar-refractivity contribution >= 4 is 39.8 Å². The Hall–Kier alpha value is -3.72. The Balaban J connectivity index is 1.41. The van der Waals surface area contributed by atoms with Crippen molar-refractivity contribution in [1.82, 2.24) is 9.99 Å². The summed E-state index contributed by atoms with van der Waals surface area (Å²) >= 11 is 1.31. The van der Waals surface area contributed by atoms with Gasteiger partial charge in [-0.1, -0.05) is 12.1 Å². The fourth-order valence-electron chi connectivity index (χ4n) is 3.60. The molecule has 2 aromatic heterocycles. The predicted octanol–water partition coefficient (Wildman–Crippen LogP) is 3.29. The molecule has 8 nitrogen and oxygen atoms in total. The van der Waals surface area contributed by atoms with E-state index in [-0.39, 0.29) is 0 Å². The van der Waals surface area contributed by atoms with E-state index in [9.17, 15) is 14.4 Å². The number of hydrogen-bond donors (Lipinski definition) is 2. The first-order valence-electron chi connectivity index (χ1n) is 10.1. The Kier molecular flexibility index (Phi) is 6.18. The molecule has 0 fully saturated rings. The lowest BCUT2D eigenvalue weighted by Gasteiger charge is -2.07. The summed E-state index contributed by atoms with van der Waals surface area (Å²) in [5.74, 6) is -2.33. The highest BCUT2D eigenvalue weighted by Gasteiger charge is 2.29. The van der Waals surface area contributed by atoms with Crippen LogP contribution in [-0.4, -0.2) is 35.2 Å². The SMILES string of the molecule is COC(=O)c1c(NC(=O)C(=O)NN=C(C)c2ccc(-n3cccc3)cc2)sc2c1CCC2. The molecule has 32 heavy (non-hydrogen) atoms. The van der Waals surface area contributed by atoms with E-state index in [4.69, 9.17) is 4.74 Å². The van der Waals surface area contributed by atoms with Gasteiger partial charge in [-0.3, -0.25) is 9.59 Å². The van der Waals surface area contributed by atoms with Gasteiger partial charge in [0.2, 0.25) is 0 Å². The van der Waals surface area contributed by atoms with Gasteiger partial charge in [0.05, 0.1) is 18.4 Å². The van der Waals surface area contributed by atoms with Gasteiger partial charge in [0.25, 0.3) is 0 Å². The molecular weight excluding hydrogens is 428 g/mol. The zero-order chi connectivity index (χ0) is 22.7. The predicted molar refractivity (Wildman–Crippen MR) is 122 cm³/mol. The van der Waals surface area contributed by atoms with Crippen LogP contribution < -0.4 is 10.7 Å². The molecule has 1 aliphatic rings. The topological polar surface area (TPSA) is 102 Å².